The second-order valence-electron chi connectivity index (χ2n) is 6.27. The summed E-state index contributed by atoms with van der Waals surface area (Å²) in [5.41, 5.74) is 1.10. The molecule has 2 aromatic heterocycles. The van der Waals surface area contributed by atoms with Crippen molar-refractivity contribution in [2.75, 3.05) is 11.8 Å². The number of hydrogen-bond donors (Lipinski definition) is 1. The van der Waals surface area contributed by atoms with Gasteiger partial charge in [-0.15, -0.1) is 11.3 Å². The molecule has 7 nitrogen and oxygen atoms in total. The summed E-state index contributed by atoms with van der Waals surface area (Å²) in [6.07, 6.45) is 0. The lowest BCUT2D eigenvalue weighted by Crippen LogP contribution is -2.13. The maximum absolute atomic E-state index is 13.0. The Morgan fingerprint density at radius 3 is 2.60 bits per heavy atom. The van der Waals surface area contributed by atoms with Crippen molar-refractivity contribution in [3.05, 3.63) is 64.5 Å². The molecule has 0 fully saturated rings. The number of nitrogens with one attached hydrogen (secondary N) is 1. The fourth-order valence-corrected chi connectivity index (χ4v) is 5.52. The number of hydrogen-bond acceptors (Lipinski definition) is 7. The van der Waals surface area contributed by atoms with E-state index in [1.165, 1.54) is 24.5 Å². The molecule has 10 heteroatoms. The van der Waals surface area contributed by atoms with Gasteiger partial charge in [0.05, 0.1) is 17.7 Å². The maximum Gasteiger partial charge on any atom is 0.268 e. The van der Waals surface area contributed by atoms with Gasteiger partial charge in [0, 0.05) is 15.5 Å². The third-order valence-corrected chi connectivity index (χ3v) is 7.16. The van der Waals surface area contributed by atoms with E-state index < -0.39 is 10.0 Å². The zero-order chi connectivity index (χ0) is 21.3. The Morgan fingerprint density at radius 2 is 1.87 bits per heavy atom. The molecule has 0 radical (unpaired) electrons. The monoisotopic (exact) mass is 461 g/mol. The molecule has 2 aromatic carbocycles. The zero-order valence-electron chi connectivity index (χ0n) is 15.9. The van der Waals surface area contributed by atoms with Crippen LogP contribution in [-0.2, 0) is 10.0 Å². The van der Waals surface area contributed by atoms with Crippen molar-refractivity contribution in [2.45, 2.75) is 11.8 Å². The zero-order valence-corrected chi connectivity index (χ0v) is 18.3. The predicted octanol–water partition coefficient (Wildman–Crippen LogP) is 5.24. The van der Waals surface area contributed by atoms with E-state index in [1.807, 2.05) is 0 Å². The molecule has 0 spiro atoms. The van der Waals surface area contributed by atoms with Gasteiger partial charge in [-0.25, -0.2) is 8.42 Å². The number of halogens is 1. The molecule has 0 saturated carbocycles. The summed E-state index contributed by atoms with van der Waals surface area (Å²) in [7, 11) is -2.36. The summed E-state index contributed by atoms with van der Waals surface area (Å²) in [6, 6.07) is 15.4. The molecule has 0 amide bonds. The Morgan fingerprint density at radius 1 is 1.13 bits per heavy atom. The first-order valence-corrected chi connectivity index (χ1v) is 11.4. The minimum absolute atomic E-state index is 0.139. The van der Waals surface area contributed by atoms with Crippen molar-refractivity contribution >= 4 is 38.6 Å². The molecule has 0 aliphatic carbocycles. The van der Waals surface area contributed by atoms with E-state index in [4.69, 9.17) is 20.9 Å². The summed E-state index contributed by atoms with van der Waals surface area (Å²) in [5, 5.41) is 4.59. The topological polar surface area (TPSA) is 94.3 Å². The molecule has 1 N–H and O–H groups in total. The Balaban J connectivity index is 1.64. The van der Waals surface area contributed by atoms with E-state index in [2.05, 4.69) is 14.9 Å². The smallest absolute Gasteiger partial charge is 0.268 e. The summed E-state index contributed by atoms with van der Waals surface area (Å²) < 4.78 is 39.1. The second-order valence-corrected chi connectivity index (χ2v) is 9.61. The van der Waals surface area contributed by atoms with Gasteiger partial charge in [-0.1, -0.05) is 28.9 Å². The number of aromatic nitrogens is 2. The number of sulfonamides is 1. The van der Waals surface area contributed by atoms with Crippen LogP contribution in [0.2, 0.25) is 5.02 Å². The Kier molecular flexibility index (Phi) is 5.50. The molecule has 2 heterocycles. The molecular weight excluding hydrogens is 446 g/mol. The van der Waals surface area contributed by atoms with E-state index in [0.29, 0.717) is 32.0 Å². The van der Waals surface area contributed by atoms with Crippen LogP contribution in [-0.4, -0.2) is 25.7 Å². The summed E-state index contributed by atoms with van der Waals surface area (Å²) in [6.45, 7) is 1.72. The SMILES string of the molecule is COc1ccccc1NS(=O)(=O)c1cc(-c2nc(-c3ccc(Cl)cc3)no2)sc1C. The number of ether oxygens (including phenoxy) is 1. The molecule has 0 bridgehead atoms. The van der Waals surface area contributed by atoms with Gasteiger partial charge in [0.2, 0.25) is 5.82 Å². The average molecular weight is 462 g/mol. The highest BCUT2D eigenvalue weighted by Crippen LogP contribution is 2.35. The Labute approximate surface area is 182 Å². The molecule has 0 atom stereocenters. The second kappa shape index (κ2) is 8.10. The highest BCUT2D eigenvalue weighted by Gasteiger charge is 2.24. The third-order valence-electron chi connectivity index (χ3n) is 4.25. The molecule has 30 heavy (non-hydrogen) atoms. The van der Waals surface area contributed by atoms with E-state index in [-0.39, 0.29) is 10.8 Å². The van der Waals surface area contributed by atoms with Gasteiger partial charge >= 0.3 is 0 Å². The standard InChI is InChI=1S/C20H16ClN3O4S2/c1-12-18(30(25,26)24-15-5-3-4-6-16(15)27-2)11-17(29-12)20-22-19(23-28-20)13-7-9-14(21)10-8-13/h3-11,24H,1-2H3. The number of rotatable bonds is 6. The maximum atomic E-state index is 13.0. The summed E-state index contributed by atoms with van der Waals surface area (Å²) in [5.74, 6) is 1.06. The normalized spacial score (nSPS) is 11.4. The molecular formula is C20H16ClN3O4S2. The molecule has 154 valence electrons. The minimum Gasteiger partial charge on any atom is -0.495 e. The van der Waals surface area contributed by atoms with Crippen LogP contribution < -0.4 is 9.46 Å². The molecule has 0 saturated heterocycles. The number of anilines is 1. The average Bonchev–Trinajstić information content (AvgIpc) is 3.36. The van der Waals surface area contributed by atoms with Gasteiger partial charge in [-0.2, -0.15) is 4.98 Å². The first-order valence-electron chi connectivity index (χ1n) is 8.73. The van der Waals surface area contributed by atoms with Crippen molar-refractivity contribution in [3.8, 4) is 27.9 Å². The quantitative estimate of drug-likeness (QED) is 0.422. The number of nitrogens with zero attached hydrogens (tertiary/aromatic N) is 2. The van der Waals surface area contributed by atoms with Crippen LogP contribution >= 0.6 is 22.9 Å². The highest BCUT2D eigenvalue weighted by atomic mass is 35.5. The van der Waals surface area contributed by atoms with E-state index in [9.17, 15) is 8.42 Å². The minimum atomic E-state index is -3.84. The van der Waals surface area contributed by atoms with Crippen LogP contribution in [0.5, 0.6) is 5.75 Å². The van der Waals surface area contributed by atoms with Crippen LogP contribution in [0.3, 0.4) is 0 Å². The van der Waals surface area contributed by atoms with Crippen LogP contribution in [0.1, 0.15) is 4.88 Å². The van der Waals surface area contributed by atoms with Crippen molar-refractivity contribution in [1.29, 1.82) is 0 Å². The van der Waals surface area contributed by atoms with Crippen molar-refractivity contribution in [2.24, 2.45) is 0 Å². The molecule has 0 aliphatic heterocycles. The fraction of sp³-hybridized carbons (Fsp3) is 0.100. The largest absolute Gasteiger partial charge is 0.495 e. The predicted molar refractivity (Wildman–Crippen MR) is 117 cm³/mol. The number of thiophene rings is 1. The van der Waals surface area contributed by atoms with Gasteiger partial charge in [0.25, 0.3) is 15.9 Å². The molecule has 0 unspecified atom stereocenters. The van der Waals surface area contributed by atoms with E-state index >= 15 is 0 Å². The fourth-order valence-electron chi connectivity index (χ4n) is 2.81. The number of aryl methyl sites for hydroxylation is 1. The number of methoxy groups -OCH3 is 1. The van der Waals surface area contributed by atoms with Crippen LogP contribution in [0.15, 0.2) is 64.0 Å². The van der Waals surface area contributed by atoms with Gasteiger partial charge in [0.15, 0.2) is 0 Å². The first-order chi connectivity index (χ1) is 14.4. The van der Waals surface area contributed by atoms with Crippen molar-refractivity contribution in [3.63, 3.8) is 0 Å². The van der Waals surface area contributed by atoms with E-state index in [1.54, 1.807) is 55.5 Å². The highest BCUT2D eigenvalue weighted by molar-refractivity contribution is 7.93. The lowest BCUT2D eigenvalue weighted by molar-refractivity contribution is 0.417. The lowest BCUT2D eigenvalue weighted by Gasteiger charge is -2.11. The van der Waals surface area contributed by atoms with Gasteiger partial charge < -0.3 is 9.26 Å². The van der Waals surface area contributed by atoms with Crippen LogP contribution in [0.4, 0.5) is 5.69 Å². The summed E-state index contributed by atoms with van der Waals surface area (Å²) >= 11 is 7.16. The van der Waals surface area contributed by atoms with Gasteiger partial charge in [0.1, 0.15) is 10.6 Å². The molecule has 4 rings (SSSR count). The Bertz CT molecular complexity index is 1300. The number of para-hydroxylation sites is 2. The van der Waals surface area contributed by atoms with Crippen molar-refractivity contribution in [1.82, 2.24) is 10.1 Å². The third kappa shape index (κ3) is 4.04. The van der Waals surface area contributed by atoms with Crippen LogP contribution in [0.25, 0.3) is 22.2 Å². The van der Waals surface area contributed by atoms with Crippen LogP contribution in [0, 0.1) is 6.92 Å². The first kappa shape index (κ1) is 20.4. The summed E-state index contributed by atoms with van der Waals surface area (Å²) in [4.78, 5) is 5.67. The van der Waals surface area contributed by atoms with E-state index in [0.717, 1.165) is 5.56 Å². The molecule has 4 aromatic rings. The Hall–Kier alpha value is -2.88. The van der Waals surface area contributed by atoms with Crippen molar-refractivity contribution < 1.29 is 17.7 Å². The van der Waals surface area contributed by atoms with Gasteiger partial charge in [-0.05, 0) is 49.4 Å². The molecule has 0 aliphatic rings. The number of benzene rings is 2. The van der Waals surface area contributed by atoms with Gasteiger partial charge in [-0.3, -0.25) is 4.72 Å². The lowest BCUT2D eigenvalue weighted by atomic mass is 10.2.